The van der Waals surface area contributed by atoms with Gasteiger partial charge in [-0.05, 0) is 39.3 Å². The van der Waals surface area contributed by atoms with Gasteiger partial charge in [0.05, 0.1) is 0 Å². The second kappa shape index (κ2) is 13.3. The van der Waals surface area contributed by atoms with E-state index in [0.717, 1.165) is 15.2 Å². The molecule has 27 heavy (non-hydrogen) atoms. The van der Waals surface area contributed by atoms with Gasteiger partial charge < -0.3 is 10.6 Å². The van der Waals surface area contributed by atoms with Crippen molar-refractivity contribution in [1.29, 1.82) is 0 Å². The molecule has 0 amide bonds. The van der Waals surface area contributed by atoms with Crippen molar-refractivity contribution >= 4 is 76.1 Å². The van der Waals surface area contributed by atoms with Crippen molar-refractivity contribution in [3.05, 3.63) is 5.28 Å². The zero-order valence-corrected chi connectivity index (χ0v) is 23.0. The number of anilines is 2. The summed E-state index contributed by atoms with van der Waals surface area (Å²) in [4.78, 5) is 12.1. The van der Waals surface area contributed by atoms with Crippen LogP contribution in [-0.2, 0) is 14.7 Å². The van der Waals surface area contributed by atoms with Crippen LogP contribution in [0.3, 0.4) is 0 Å². The maximum absolute atomic E-state index is 5.77. The minimum atomic E-state index is -0.667. The molecular formula is C14H24ClN7S4Zn. The SMILES string of the molecule is CC(C)Nc1nc(Cl)nc(NC(C)C)n1.CC1CNC(=S)[S][Zn][S]C(=S)N1. The second-order valence-electron chi connectivity index (χ2n) is 6.26. The molecule has 0 radical (unpaired) electrons. The number of halogens is 1. The van der Waals surface area contributed by atoms with Gasteiger partial charge in [-0.3, -0.25) is 0 Å². The third-order valence-electron chi connectivity index (χ3n) is 2.74. The maximum atomic E-state index is 5.77. The van der Waals surface area contributed by atoms with Crippen molar-refractivity contribution in [2.24, 2.45) is 0 Å². The normalized spacial score (nSPS) is 17.1. The summed E-state index contributed by atoms with van der Waals surface area (Å²) in [7, 11) is 3.63. The molecule has 1 aliphatic rings. The summed E-state index contributed by atoms with van der Waals surface area (Å²) in [5, 5.41) is 12.8. The van der Waals surface area contributed by atoms with Gasteiger partial charge in [-0.2, -0.15) is 15.0 Å². The molecule has 2 rings (SSSR count). The second-order valence-corrected chi connectivity index (χ2v) is 18.4. The first kappa shape index (κ1) is 25.0. The van der Waals surface area contributed by atoms with E-state index < -0.39 is 14.7 Å². The average molecular weight is 520 g/mol. The standard InChI is InChI=1S/C9H16ClN5.C5H10N2S4.Zn/c1-5(2)11-8-13-7(10)14-9(15-8)12-6(3)4;1-3(7-5(10)11)2-6-4(8)9;/h5-6H,1-4H3,(H2,11,12,13,14,15);3H,2H2,1H3,(H2,6,8,9)(H2,7,10,11);/q;;+2/p-2. The Kier molecular flexibility index (Phi) is 12.3. The topological polar surface area (TPSA) is 86.8 Å². The van der Waals surface area contributed by atoms with E-state index in [-0.39, 0.29) is 17.4 Å². The number of rotatable bonds is 4. The van der Waals surface area contributed by atoms with Gasteiger partial charge in [0.1, 0.15) is 0 Å². The molecule has 0 saturated carbocycles. The van der Waals surface area contributed by atoms with Crippen LogP contribution in [0, 0.1) is 0 Å². The van der Waals surface area contributed by atoms with Crippen LogP contribution in [0.5, 0.6) is 0 Å². The zero-order chi connectivity index (χ0) is 20.4. The van der Waals surface area contributed by atoms with E-state index in [0.29, 0.717) is 17.9 Å². The van der Waals surface area contributed by atoms with Gasteiger partial charge in [0, 0.05) is 12.1 Å². The summed E-state index contributed by atoms with van der Waals surface area (Å²) in [6, 6.07) is 0.898. The van der Waals surface area contributed by atoms with E-state index in [2.05, 4.69) is 43.1 Å². The Morgan fingerprint density at radius 2 is 1.56 bits per heavy atom. The van der Waals surface area contributed by atoms with Crippen molar-refractivity contribution in [3.8, 4) is 0 Å². The van der Waals surface area contributed by atoms with Crippen LogP contribution in [-0.4, -0.2) is 48.3 Å². The quantitative estimate of drug-likeness (QED) is 0.347. The van der Waals surface area contributed by atoms with Gasteiger partial charge in [0.2, 0.25) is 17.2 Å². The Balaban J connectivity index is 0.000000277. The number of nitrogens with zero attached hydrogens (tertiary/aromatic N) is 3. The van der Waals surface area contributed by atoms with E-state index in [9.17, 15) is 0 Å². The van der Waals surface area contributed by atoms with Crippen LogP contribution < -0.4 is 21.3 Å². The molecular weight excluding hydrogens is 495 g/mol. The van der Waals surface area contributed by atoms with Crippen molar-refractivity contribution in [2.45, 2.75) is 52.7 Å². The van der Waals surface area contributed by atoms with E-state index in [4.69, 9.17) is 36.0 Å². The van der Waals surface area contributed by atoms with Crippen molar-refractivity contribution in [2.75, 3.05) is 17.2 Å². The predicted molar refractivity (Wildman–Crippen MR) is 123 cm³/mol. The molecule has 13 heteroatoms. The molecule has 1 fully saturated rings. The summed E-state index contributed by atoms with van der Waals surface area (Å²) in [5.74, 6) is 0.987. The van der Waals surface area contributed by atoms with Gasteiger partial charge in [0.25, 0.3) is 0 Å². The predicted octanol–water partition coefficient (Wildman–Crippen LogP) is 3.68. The zero-order valence-electron chi connectivity index (χ0n) is 16.0. The molecule has 7 nitrogen and oxygen atoms in total. The Morgan fingerprint density at radius 1 is 1.04 bits per heavy atom. The van der Waals surface area contributed by atoms with Gasteiger partial charge >= 0.3 is 97.4 Å². The molecule has 2 heterocycles. The molecule has 0 spiro atoms. The molecule has 148 valence electrons. The Bertz CT molecular complexity index is 607. The first-order valence-corrected chi connectivity index (χ1v) is 18.9. The van der Waals surface area contributed by atoms with E-state index in [1.165, 1.54) is 0 Å². The molecule has 0 aromatic carbocycles. The molecule has 4 N–H and O–H groups in total. The van der Waals surface area contributed by atoms with Crippen molar-refractivity contribution in [1.82, 2.24) is 25.6 Å². The number of nitrogens with one attached hydrogen (secondary N) is 4. The third kappa shape index (κ3) is 12.2. The molecule has 1 aromatic heterocycles. The number of hydrogen-bond acceptors (Lipinski definition) is 9. The van der Waals surface area contributed by atoms with Crippen LogP contribution in [0.1, 0.15) is 34.6 Å². The summed E-state index contributed by atoms with van der Waals surface area (Å²) < 4.78 is 1.89. The van der Waals surface area contributed by atoms with Crippen LogP contribution in [0.4, 0.5) is 11.9 Å². The van der Waals surface area contributed by atoms with Gasteiger partial charge in [-0.1, -0.05) is 0 Å². The van der Waals surface area contributed by atoms with Crippen molar-refractivity contribution in [3.63, 3.8) is 0 Å². The number of aromatic nitrogens is 3. The van der Waals surface area contributed by atoms with Crippen LogP contribution in [0.2, 0.25) is 5.28 Å². The molecule has 1 atom stereocenters. The molecule has 1 unspecified atom stereocenters. The van der Waals surface area contributed by atoms with Gasteiger partial charge in [-0.25, -0.2) is 0 Å². The third-order valence-corrected chi connectivity index (χ3v) is 16.3. The van der Waals surface area contributed by atoms with Crippen LogP contribution >= 0.6 is 55.5 Å². The Morgan fingerprint density at radius 3 is 2.07 bits per heavy atom. The molecule has 0 bridgehead atoms. The van der Waals surface area contributed by atoms with E-state index >= 15 is 0 Å². The summed E-state index contributed by atoms with van der Waals surface area (Å²) in [5.41, 5.74) is 0. The van der Waals surface area contributed by atoms with Crippen LogP contribution in [0.15, 0.2) is 0 Å². The fraction of sp³-hybridized carbons (Fsp3) is 0.643. The number of thiocarbonyl (C=S) groups is 2. The fourth-order valence-corrected chi connectivity index (χ4v) is 14.5. The molecule has 1 aromatic rings. The molecule has 1 saturated heterocycles. The van der Waals surface area contributed by atoms with Crippen LogP contribution in [0.25, 0.3) is 0 Å². The number of hydrogen-bond donors (Lipinski definition) is 4. The fourth-order valence-electron chi connectivity index (χ4n) is 1.71. The molecule has 0 aliphatic carbocycles. The monoisotopic (exact) mass is 517 g/mol. The minimum absolute atomic E-state index is 0.191. The first-order valence-electron chi connectivity index (χ1n) is 8.44. The van der Waals surface area contributed by atoms with Gasteiger partial charge in [0.15, 0.2) is 0 Å². The van der Waals surface area contributed by atoms with Crippen molar-refractivity contribution < 1.29 is 14.7 Å². The summed E-state index contributed by atoms with van der Waals surface area (Å²) >= 11 is 15.4. The van der Waals surface area contributed by atoms with E-state index in [1.54, 1.807) is 0 Å². The molecule has 1 aliphatic heterocycles. The van der Waals surface area contributed by atoms with E-state index in [1.807, 2.05) is 47.2 Å². The first-order chi connectivity index (χ1) is 12.7. The Labute approximate surface area is 190 Å². The summed E-state index contributed by atoms with van der Waals surface area (Å²) in [6.45, 7) is 11.0. The summed E-state index contributed by atoms with van der Waals surface area (Å²) in [6.07, 6.45) is 0. The average Bonchev–Trinajstić information content (AvgIpc) is 2.57. The Hall–Kier alpha value is 0.00338. The van der Waals surface area contributed by atoms with Gasteiger partial charge in [-0.15, -0.1) is 0 Å².